The highest BCUT2D eigenvalue weighted by Crippen LogP contribution is 2.23. The van der Waals surface area contributed by atoms with Gasteiger partial charge in [-0.05, 0) is 40.7 Å². The Labute approximate surface area is 131 Å². The van der Waals surface area contributed by atoms with Crippen molar-refractivity contribution >= 4 is 0 Å². The average Bonchev–Trinajstić information content (AvgIpc) is 2.48. The lowest BCUT2D eigenvalue weighted by atomic mass is 9.92. The van der Waals surface area contributed by atoms with Gasteiger partial charge in [0.1, 0.15) is 0 Å². The van der Waals surface area contributed by atoms with E-state index in [1.807, 2.05) is 7.11 Å². The fourth-order valence-corrected chi connectivity index (χ4v) is 3.73. The third-order valence-electron chi connectivity index (χ3n) is 5.39. The summed E-state index contributed by atoms with van der Waals surface area (Å²) in [6.45, 7) is 17.6. The molecule has 0 aromatic rings. The lowest BCUT2D eigenvalue weighted by Crippen LogP contribution is -2.54. The monoisotopic (exact) mass is 297 g/mol. The smallest absolute Gasteiger partial charge is 0.0739 e. The first kappa shape index (κ1) is 17.2. The Morgan fingerprint density at radius 3 is 2.05 bits per heavy atom. The van der Waals surface area contributed by atoms with Gasteiger partial charge in [-0.15, -0.1) is 0 Å². The number of hydrogen-bond donors (Lipinski definition) is 0. The molecule has 2 fully saturated rings. The van der Waals surface area contributed by atoms with Gasteiger partial charge in [0.25, 0.3) is 0 Å². The van der Waals surface area contributed by atoms with Crippen LogP contribution in [-0.2, 0) is 4.74 Å². The molecule has 2 heterocycles. The zero-order chi connectivity index (χ0) is 15.4. The molecule has 0 bridgehead atoms. The normalized spacial score (nSPS) is 30.4. The molecule has 0 N–H and O–H groups in total. The Hall–Kier alpha value is -0.160. The molecule has 4 heteroatoms. The maximum atomic E-state index is 5.81. The first-order chi connectivity index (χ1) is 10.0. The van der Waals surface area contributed by atoms with E-state index in [0.717, 1.165) is 6.54 Å². The van der Waals surface area contributed by atoms with Crippen LogP contribution in [0.5, 0.6) is 0 Å². The first-order valence-electron chi connectivity index (χ1n) is 8.74. The molecular formula is C17H35N3O. The summed E-state index contributed by atoms with van der Waals surface area (Å²) >= 11 is 0. The zero-order valence-corrected chi connectivity index (χ0v) is 14.7. The van der Waals surface area contributed by atoms with E-state index in [4.69, 9.17) is 4.74 Å². The summed E-state index contributed by atoms with van der Waals surface area (Å²) in [6, 6.07) is 1.33. The van der Waals surface area contributed by atoms with E-state index in [9.17, 15) is 0 Å². The maximum absolute atomic E-state index is 5.81. The number of hydrogen-bond acceptors (Lipinski definition) is 4. The minimum absolute atomic E-state index is 0.407. The highest BCUT2D eigenvalue weighted by molar-refractivity contribution is 4.86. The molecule has 2 aliphatic rings. The van der Waals surface area contributed by atoms with E-state index in [-0.39, 0.29) is 0 Å². The molecule has 2 saturated heterocycles. The summed E-state index contributed by atoms with van der Waals surface area (Å²) in [5, 5.41) is 0. The van der Waals surface area contributed by atoms with Crippen molar-refractivity contribution in [2.45, 2.75) is 52.3 Å². The van der Waals surface area contributed by atoms with Gasteiger partial charge in [0.15, 0.2) is 0 Å². The lowest BCUT2D eigenvalue weighted by molar-refractivity contribution is -0.0356. The van der Waals surface area contributed by atoms with Crippen LogP contribution in [0, 0.1) is 5.92 Å². The fourth-order valence-electron chi connectivity index (χ4n) is 3.73. The van der Waals surface area contributed by atoms with Gasteiger partial charge in [-0.3, -0.25) is 9.80 Å². The highest BCUT2D eigenvalue weighted by atomic mass is 16.5. The number of likely N-dealkylation sites (tertiary alicyclic amines) is 1. The van der Waals surface area contributed by atoms with Crippen molar-refractivity contribution in [1.29, 1.82) is 0 Å². The fraction of sp³-hybridized carbons (Fsp3) is 1.00. The molecule has 0 aromatic carbocycles. The van der Waals surface area contributed by atoms with Gasteiger partial charge in [0.2, 0.25) is 0 Å². The number of methoxy groups -OCH3 is 1. The maximum Gasteiger partial charge on any atom is 0.0739 e. The number of rotatable bonds is 5. The van der Waals surface area contributed by atoms with Crippen molar-refractivity contribution < 1.29 is 4.74 Å². The Bertz CT molecular complexity index is 300. The van der Waals surface area contributed by atoms with Crippen LogP contribution in [0.4, 0.5) is 0 Å². The van der Waals surface area contributed by atoms with Crippen LogP contribution >= 0.6 is 0 Å². The minimum Gasteiger partial charge on any atom is -0.380 e. The number of piperazine rings is 1. The van der Waals surface area contributed by atoms with Crippen LogP contribution in [0.25, 0.3) is 0 Å². The largest absolute Gasteiger partial charge is 0.380 e. The van der Waals surface area contributed by atoms with Gasteiger partial charge >= 0.3 is 0 Å². The summed E-state index contributed by atoms with van der Waals surface area (Å²) in [5.41, 5.74) is 0. The van der Waals surface area contributed by atoms with Crippen molar-refractivity contribution in [2.24, 2.45) is 5.92 Å². The predicted octanol–water partition coefficient (Wildman–Crippen LogP) is 1.76. The zero-order valence-electron chi connectivity index (χ0n) is 14.7. The van der Waals surface area contributed by atoms with E-state index in [2.05, 4.69) is 42.4 Å². The second kappa shape index (κ2) is 7.91. The van der Waals surface area contributed by atoms with E-state index in [0.29, 0.717) is 24.1 Å². The van der Waals surface area contributed by atoms with Gasteiger partial charge in [-0.2, -0.15) is 0 Å². The standard InChI is InChI=1S/C17H35N3O/c1-14(2)19-10-8-18(9-11-19)12-16-6-7-20(15(3)4)13-17(16)21-5/h14-17H,6-13H2,1-5H3. The molecule has 2 atom stereocenters. The van der Waals surface area contributed by atoms with Gasteiger partial charge < -0.3 is 9.64 Å². The molecule has 2 rings (SSSR count). The molecule has 2 unspecified atom stereocenters. The molecule has 0 aliphatic carbocycles. The molecule has 0 amide bonds. The average molecular weight is 297 g/mol. The van der Waals surface area contributed by atoms with Gasteiger partial charge in [0, 0.05) is 64.4 Å². The highest BCUT2D eigenvalue weighted by Gasteiger charge is 2.32. The third-order valence-corrected chi connectivity index (χ3v) is 5.39. The van der Waals surface area contributed by atoms with Crippen molar-refractivity contribution in [1.82, 2.24) is 14.7 Å². The Morgan fingerprint density at radius 2 is 1.52 bits per heavy atom. The molecular weight excluding hydrogens is 262 g/mol. The SMILES string of the molecule is COC1CN(C(C)C)CCC1CN1CCN(C(C)C)CC1. The molecule has 4 nitrogen and oxygen atoms in total. The van der Waals surface area contributed by atoms with E-state index < -0.39 is 0 Å². The summed E-state index contributed by atoms with van der Waals surface area (Å²) < 4.78 is 5.81. The summed E-state index contributed by atoms with van der Waals surface area (Å²) in [4.78, 5) is 7.80. The van der Waals surface area contributed by atoms with Gasteiger partial charge in [0.05, 0.1) is 6.10 Å². The van der Waals surface area contributed by atoms with Crippen LogP contribution in [0.2, 0.25) is 0 Å². The number of piperidine rings is 1. The molecule has 2 aliphatic heterocycles. The molecule has 0 aromatic heterocycles. The molecule has 0 saturated carbocycles. The second-order valence-corrected chi connectivity index (χ2v) is 7.34. The second-order valence-electron chi connectivity index (χ2n) is 7.34. The van der Waals surface area contributed by atoms with Crippen LogP contribution < -0.4 is 0 Å². The topological polar surface area (TPSA) is 19.0 Å². The van der Waals surface area contributed by atoms with E-state index in [1.54, 1.807) is 0 Å². The molecule has 0 spiro atoms. The predicted molar refractivity (Wildman–Crippen MR) is 88.8 cm³/mol. The minimum atomic E-state index is 0.407. The molecule has 124 valence electrons. The van der Waals surface area contributed by atoms with Gasteiger partial charge in [-0.1, -0.05) is 0 Å². The van der Waals surface area contributed by atoms with Crippen molar-refractivity contribution in [3.8, 4) is 0 Å². The van der Waals surface area contributed by atoms with Crippen molar-refractivity contribution in [2.75, 3.05) is 52.9 Å². The Kier molecular flexibility index (Phi) is 6.48. The summed E-state index contributed by atoms with van der Waals surface area (Å²) in [6.07, 6.45) is 1.69. The van der Waals surface area contributed by atoms with Crippen LogP contribution in [-0.4, -0.2) is 85.8 Å². The lowest BCUT2D eigenvalue weighted by Gasteiger charge is -2.43. The molecule has 0 radical (unpaired) electrons. The van der Waals surface area contributed by atoms with Gasteiger partial charge in [-0.25, -0.2) is 0 Å². The van der Waals surface area contributed by atoms with Crippen LogP contribution in [0.3, 0.4) is 0 Å². The Balaban J connectivity index is 1.80. The Morgan fingerprint density at radius 1 is 0.905 bits per heavy atom. The van der Waals surface area contributed by atoms with Crippen molar-refractivity contribution in [3.05, 3.63) is 0 Å². The van der Waals surface area contributed by atoms with E-state index >= 15 is 0 Å². The van der Waals surface area contributed by atoms with Crippen LogP contribution in [0.1, 0.15) is 34.1 Å². The molecule has 21 heavy (non-hydrogen) atoms. The third kappa shape index (κ3) is 4.65. The first-order valence-corrected chi connectivity index (χ1v) is 8.74. The summed E-state index contributed by atoms with van der Waals surface area (Å²) in [7, 11) is 1.89. The van der Waals surface area contributed by atoms with Crippen LogP contribution in [0.15, 0.2) is 0 Å². The van der Waals surface area contributed by atoms with Crippen molar-refractivity contribution in [3.63, 3.8) is 0 Å². The van der Waals surface area contributed by atoms with E-state index in [1.165, 1.54) is 45.7 Å². The quantitative estimate of drug-likeness (QED) is 0.769. The number of ether oxygens (including phenoxy) is 1. The summed E-state index contributed by atoms with van der Waals surface area (Å²) in [5.74, 6) is 0.704. The number of nitrogens with zero attached hydrogens (tertiary/aromatic N) is 3.